The van der Waals surface area contributed by atoms with Gasteiger partial charge in [0.2, 0.25) is 0 Å². The van der Waals surface area contributed by atoms with Gasteiger partial charge in [-0.1, -0.05) is 42.0 Å². The molecule has 2 aromatic rings. The Kier molecular flexibility index (Phi) is 6.74. The molecule has 2 aromatic carbocycles. The smallest absolute Gasteiger partial charge is 0.307 e. The molecule has 27 heavy (non-hydrogen) atoms. The maximum atomic E-state index is 12.7. The van der Waals surface area contributed by atoms with Crippen LogP contribution in [0.25, 0.3) is 0 Å². The molecule has 1 amide bonds. The highest BCUT2D eigenvalue weighted by molar-refractivity contribution is 7.89. The normalized spacial score (nSPS) is 12.3. The topological polar surface area (TPSA) is 89.5 Å². The van der Waals surface area contributed by atoms with Gasteiger partial charge < -0.3 is 10.1 Å². The number of rotatable bonds is 7. The molecule has 6 nitrogen and oxygen atoms in total. The summed E-state index contributed by atoms with van der Waals surface area (Å²) in [5.41, 5.74) is 2.71. The number of nitrogens with one attached hydrogen (secondary N) is 1. The van der Waals surface area contributed by atoms with Gasteiger partial charge in [0.05, 0.1) is 25.3 Å². The van der Waals surface area contributed by atoms with E-state index in [-0.39, 0.29) is 18.1 Å². The Bertz CT molecular complexity index is 920. The van der Waals surface area contributed by atoms with E-state index < -0.39 is 21.8 Å². The number of hydrogen-bond donors (Lipinski definition) is 1. The molecule has 0 aliphatic heterocycles. The average molecular weight is 389 g/mol. The van der Waals surface area contributed by atoms with Gasteiger partial charge in [-0.15, -0.1) is 0 Å². The van der Waals surface area contributed by atoms with Crippen molar-refractivity contribution in [2.24, 2.45) is 0 Å². The molecule has 0 fully saturated rings. The molecule has 0 aromatic heterocycles. The highest BCUT2D eigenvalue weighted by Crippen LogP contribution is 2.19. The number of methoxy groups -OCH3 is 1. The fourth-order valence-corrected chi connectivity index (χ4v) is 3.43. The van der Waals surface area contributed by atoms with Crippen LogP contribution in [-0.4, -0.2) is 33.7 Å². The van der Waals surface area contributed by atoms with Gasteiger partial charge in [0, 0.05) is 11.8 Å². The van der Waals surface area contributed by atoms with E-state index in [1.54, 1.807) is 24.3 Å². The Morgan fingerprint density at radius 1 is 1.11 bits per heavy atom. The molecule has 0 spiro atoms. The van der Waals surface area contributed by atoms with Gasteiger partial charge in [0.15, 0.2) is 9.84 Å². The molecule has 0 aliphatic carbocycles. The zero-order chi connectivity index (χ0) is 20.0. The van der Waals surface area contributed by atoms with Crippen molar-refractivity contribution in [3.63, 3.8) is 0 Å². The summed E-state index contributed by atoms with van der Waals surface area (Å²) in [5, 5.41) is 2.84. The van der Waals surface area contributed by atoms with Crippen molar-refractivity contribution in [3.05, 3.63) is 70.8 Å². The van der Waals surface area contributed by atoms with Crippen LogP contribution in [-0.2, 0) is 25.1 Å². The fraction of sp³-hybridized carbons (Fsp3) is 0.300. The van der Waals surface area contributed by atoms with Crippen LogP contribution in [0, 0.1) is 6.92 Å². The van der Waals surface area contributed by atoms with Crippen LogP contribution in [0.4, 0.5) is 0 Å². The van der Waals surface area contributed by atoms with Crippen LogP contribution >= 0.6 is 0 Å². The number of carbonyl (C=O) groups is 2. The largest absolute Gasteiger partial charge is 0.469 e. The molecule has 0 heterocycles. The summed E-state index contributed by atoms with van der Waals surface area (Å²) < 4.78 is 27.7. The van der Waals surface area contributed by atoms with Gasteiger partial charge in [-0.3, -0.25) is 9.59 Å². The number of hydrogen-bond acceptors (Lipinski definition) is 5. The molecule has 144 valence electrons. The van der Waals surface area contributed by atoms with Gasteiger partial charge in [0.25, 0.3) is 5.91 Å². The fourth-order valence-electron chi connectivity index (χ4n) is 2.65. The van der Waals surface area contributed by atoms with Gasteiger partial charge >= 0.3 is 5.97 Å². The van der Waals surface area contributed by atoms with E-state index in [9.17, 15) is 18.0 Å². The Morgan fingerprint density at radius 2 is 1.78 bits per heavy atom. The van der Waals surface area contributed by atoms with Crippen LogP contribution in [0.2, 0.25) is 0 Å². The lowest BCUT2D eigenvalue weighted by Crippen LogP contribution is -2.30. The van der Waals surface area contributed by atoms with E-state index in [0.29, 0.717) is 11.1 Å². The van der Waals surface area contributed by atoms with Crippen LogP contribution in [0.5, 0.6) is 0 Å². The molecule has 1 atom stereocenters. The third kappa shape index (κ3) is 6.53. The summed E-state index contributed by atoms with van der Waals surface area (Å²) in [6.07, 6.45) is 1.14. The maximum absolute atomic E-state index is 12.7. The van der Waals surface area contributed by atoms with E-state index in [4.69, 9.17) is 4.74 Å². The highest BCUT2D eigenvalue weighted by Gasteiger charge is 2.20. The third-order valence-corrected chi connectivity index (χ3v) is 4.86. The predicted molar refractivity (Wildman–Crippen MR) is 103 cm³/mol. The van der Waals surface area contributed by atoms with Crippen molar-refractivity contribution in [2.75, 3.05) is 13.4 Å². The second-order valence-electron chi connectivity index (χ2n) is 6.49. The highest BCUT2D eigenvalue weighted by atomic mass is 32.2. The van der Waals surface area contributed by atoms with Crippen LogP contribution in [0.3, 0.4) is 0 Å². The molecule has 0 unspecified atom stereocenters. The number of carbonyl (C=O) groups excluding carboxylic acids is 2. The molecule has 0 aliphatic rings. The molecule has 0 saturated heterocycles. The van der Waals surface area contributed by atoms with Crippen LogP contribution in [0.15, 0.2) is 48.5 Å². The number of aryl methyl sites for hydroxylation is 1. The number of benzene rings is 2. The SMILES string of the molecule is COC(=O)C[C@@H](NC(=O)c1cccc(CS(C)(=O)=O)c1)c1ccc(C)cc1. The molecule has 1 N–H and O–H groups in total. The molecular weight excluding hydrogens is 366 g/mol. The lowest BCUT2D eigenvalue weighted by atomic mass is 10.0. The molecule has 7 heteroatoms. The summed E-state index contributed by atoms with van der Waals surface area (Å²) in [6.45, 7) is 1.95. The third-order valence-electron chi connectivity index (χ3n) is 4.00. The van der Waals surface area contributed by atoms with Gasteiger partial charge in [0.1, 0.15) is 0 Å². The van der Waals surface area contributed by atoms with Crippen molar-refractivity contribution in [1.29, 1.82) is 0 Å². The minimum atomic E-state index is -3.20. The van der Waals surface area contributed by atoms with E-state index in [0.717, 1.165) is 17.4 Å². The summed E-state index contributed by atoms with van der Waals surface area (Å²) in [7, 11) is -1.91. The quantitative estimate of drug-likeness (QED) is 0.735. The van der Waals surface area contributed by atoms with Crippen molar-refractivity contribution in [1.82, 2.24) is 5.32 Å². The lowest BCUT2D eigenvalue weighted by Gasteiger charge is -2.19. The maximum Gasteiger partial charge on any atom is 0.307 e. The van der Waals surface area contributed by atoms with Crippen molar-refractivity contribution in [2.45, 2.75) is 25.1 Å². The average Bonchev–Trinajstić information content (AvgIpc) is 2.60. The van der Waals surface area contributed by atoms with E-state index in [2.05, 4.69) is 5.32 Å². The number of esters is 1. The first kappa shape index (κ1) is 20.6. The van der Waals surface area contributed by atoms with E-state index in [1.807, 2.05) is 31.2 Å². The summed E-state index contributed by atoms with van der Waals surface area (Å²) in [4.78, 5) is 24.4. The zero-order valence-corrected chi connectivity index (χ0v) is 16.4. The van der Waals surface area contributed by atoms with Crippen LogP contribution < -0.4 is 5.32 Å². The van der Waals surface area contributed by atoms with Crippen molar-refractivity contribution in [3.8, 4) is 0 Å². The minimum absolute atomic E-state index is 0.00562. The standard InChI is InChI=1S/C20H23NO5S/c1-14-7-9-16(10-8-14)18(12-19(22)26-2)21-20(23)17-6-4-5-15(11-17)13-27(3,24)25/h4-11,18H,12-13H2,1-3H3,(H,21,23)/t18-/m1/s1. The molecule has 0 saturated carbocycles. The monoisotopic (exact) mass is 389 g/mol. The summed E-state index contributed by atoms with van der Waals surface area (Å²) in [6, 6.07) is 13.4. The second-order valence-corrected chi connectivity index (χ2v) is 8.63. The van der Waals surface area contributed by atoms with Crippen LogP contribution in [0.1, 0.15) is 39.5 Å². The van der Waals surface area contributed by atoms with Gasteiger partial charge in [-0.25, -0.2) is 8.42 Å². The lowest BCUT2D eigenvalue weighted by molar-refractivity contribution is -0.141. The first-order valence-corrected chi connectivity index (χ1v) is 10.4. The molecule has 2 rings (SSSR count). The van der Waals surface area contributed by atoms with Gasteiger partial charge in [-0.2, -0.15) is 0 Å². The molecule has 0 bridgehead atoms. The first-order chi connectivity index (χ1) is 12.7. The van der Waals surface area contributed by atoms with E-state index in [1.165, 1.54) is 7.11 Å². The van der Waals surface area contributed by atoms with E-state index >= 15 is 0 Å². The minimum Gasteiger partial charge on any atom is -0.469 e. The first-order valence-electron chi connectivity index (χ1n) is 8.39. The molecule has 0 radical (unpaired) electrons. The van der Waals surface area contributed by atoms with Crippen molar-refractivity contribution >= 4 is 21.7 Å². The molecular formula is C20H23NO5S. The number of amides is 1. The predicted octanol–water partition coefficient (Wildman–Crippen LogP) is 2.57. The number of ether oxygens (including phenoxy) is 1. The summed E-state index contributed by atoms with van der Waals surface area (Å²) in [5.74, 6) is -0.968. The Labute approximate surface area is 159 Å². The zero-order valence-electron chi connectivity index (χ0n) is 15.6. The number of sulfone groups is 1. The van der Waals surface area contributed by atoms with Crippen molar-refractivity contribution < 1.29 is 22.7 Å². The van der Waals surface area contributed by atoms with Gasteiger partial charge in [-0.05, 0) is 30.2 Å². The Morgan fingerprint density at radius 3 is 2.37 bits per heavy atom. The summed E-state index contributed by atoms with van der Waals surface area (Å²) >= 11 is 0. The Hall–Kier alpha value is -2.67. The second kappa shape index (κ2) is 8.81. The Balaban J connectivity index is 2.23.